The Morgan fingerprint density at radius 1 is 1.33 bits per heavy atom. The zero-order chi connectivity index (χ0) is 17.2. The minimum atomic E-state index is -1.40. The Hall–Kier alpha value is -1.44. The van der Waals surface area contributed by atoms with Gasteiger partial charge in [0.1, 0.15) is 41.2 Å². The van der Waals surface area contributed by atoms with Gasteiger partial charge in [0, 0.05) is 18.4 Å². The molecule has 0 aromatic carbocycles. The molecule has 1 spiro atoms. The highest BCUT2D eigenvalue weighted by atomic mass is 16.7. The Morgan fingerprint density at radius 3 is 2.71 bits per heavy atom. The van der Waals surface area contributed by atoms with Crippen LogP contribution in [0.4, 0.5) is 0 Å². The van der Waals surface area contributed by atoms with Crippen LogP contribution in [0.25, 0.3) is 0 Å². The van der Waals surface area contributed by atoms with Crippen LogP contribution in [0.3, 0.4) is 0 Å². The molecule has 5 fully saturated rings. The average Bonchev–Trinajstić information content (AvgIpc) is 3.33. The Kier molecular flexibility index (Phi) is 2.39. The van der Waals surface area contributed by atoms with Crippen molar-refractivity contribution in [3.05, 3.63) is 12.2 Å². The number of carbonyl (C=O) groups excluding carboxylic acids is 2. The lowest BCUT2D eigenvalue weighted by Gasteiger charge is -2.39. The molecular formula is C17H20O7. The normalized spacial score (nSPS) is 59.5. The maximum Gasteiger partial charge on any atom is 0.334 e. The monoisotopic (exact) mass is 336 g/mol. The second kappa shape index (κ2) is 3.86. The van der Waals surface area contributed by atoms with Crippen molar-refractivity contribution in [3.8, 4) is 0 Å². The molecule has 2 aliphatic carbocycles. The third kappa shape index (κ3) is 1.38. The SMILES string of the molecule is C=C1C(=O)O[C@H]2[C@H]1C[C@@H](OC(C)=O)[C@@](C)(O)[C@@]13O[C@@H]1[C@@H]1O[C@]1(C)[C@H]23. The number of ether oxygens (including phenoxy) is 4. The Balaban J connectivity index is 1.65. The quantitative estimate of drug-likeness (QED) is 0.412. The van der Waals surface area contributed by atoms with E-state index in [1.807, 2.05) is 6.92 Å². The molecule has 3 saturated heterocycles. The van der Waals surface area contributed by atoms with Crippen LogP contribution >= 0.6 is 0 Å². The van der Waals surface area contributed by atoms with Crippen LogP contribution in [0.15, 0.2) is 12.2 Å². The molecule has 9 atom stereocenters. The van der Waals surface area contributed by atoms with Gasteiger partial charge in [0.2, 0.25) is 0 Å². The minimum absolute atomic E-state index is 0.127. The van der Waals surface area contributed by atoms with Crippen molar-refractivity contribution < 1.29 is 33.6 Å². The molecule has 1 N–H and O–H groups in total. The zero-order valence-corrected chi connectivity index (χ0v) is 13.8. The molecule has 5 rings (SSSR count). The second-order valence-corrected chi connectivity index (χ2v) is 8.01. The van der Waals surface area contributed by atoms with Crippen LogP contribution < -0.4 is 0 Å². The minimum Gasteiger partial charge on any atom is -0.459 e. The lowest BCUT2D eigenvalue weighted by molar-refractivity contribution is -0.177. The second-order valence-electron chi connectivity index (χ2n) is 8.01. The third-order valence-corrected chi connectivity index (χ3v) is 6.80. The van der Waals surface area contributed by atoms with Gasteiger partial charge in [-0.05, 0) is 20.3 Å². The number of hydrogen-bond donors (Lipinski definition) is 1. The summed E-state index contributed by atoms with van der Waals surface area (Å²) in [7, 11) is 0. The first-order valence-corrected chi connectivity index (χ1v) is 8.29. The lowest BCUT2D eigenvalue weighted by atomic mass is 9.73. The Bertz CT molecular complexity index is 699. The summed E-state index contributed by atoms with van der Waals surface area (Å²) in [5.74, 6) is -1.57. The predicted molar refractivity (Wildman–Crippen MR) is 77.7 cm³/mol. The molecule has 7 heteroatoms. The van der Waals surface area contributed by atoms with E-state index in [9.17, 15) is 14.7 Å². The largest absolute Gasteiger partial charge is 0.459 e. The maximum absolute atomic E-state index is 12.1. The summed E-state index contributed by atoms with van der Waals surface area (Å²) in [6.07, 6.45) is -1.41. The van der Waals surface area contributed by atoms with Crippen LogP contribution in [0.5, 0.6) is 0 Å². The van der Waals surface area contributed by atoms with Crippen LogP contribution in [-0.2, 0) is 28.5 Å². The topological polar surface area (TPSA) is 97.9 Å². The van der Waals surface area contributed by atoms with E-state index in [1.165, 1.54) is 6.92 Å². The summed E-state index contributed by atoms with van der Waals surface area (Å²) >= 11 is 0. The van der Waals surface area contributed by atoms with E-state index >= 15 is 0 Å². The van der Waals surface area contributed by atoms with Crippen molar-refractivity contribution in [1.29, 1.82) is 0 Å². The number of esters is 2. The van der Waals surface area contributed by atoms with E-state index in [1.54, 1.807) is 6.92 Å². The molecule has 2 saturated carbocycles. The third-order valence-electron chi connectivity index (χ3n) is 6.80. The van der Waals surface area contributed by atoms with Gasteiger partial charge in [-0.3, -0.25) is 4.79 Å². The molecule has 24 heavy (non-hydrogen) atoms. The summed E-state index contributed by atoms with van der Waals surface area (Å²) in [5.41, 5.74) is -2.46. The van der Waals surface area contributed by atoms with Gasteiger partial charge >= 0.3 is 11.9 Å². The molecule has 5 aliphatic rings. The van der Waals surface area contributed by atoms with E-state index in [0.717, 1.165) is 0 Å². The van der Waals surface area contributed by atoms with Gasteiger partial charge in [-0.25, -0.2) is 4.79 Å². The lowest BCUT2D eigenvalue weighted by Crippen LogP contribution is -2.58. The van der Waals surface area contributed by atoms with Crippen molar-refractivity contribution in [2.45, 2.75) is 68.4 Å². The van der Waals surface area contributed by atoms with Crippen molar-refractivity contribution in [2.75, 3.05) is 0 Å². The standard InChI is InChI=1S/C17H20O7/c1-6-8-5-9(21-7(2)18)16(4,20)17-11(10(8)22-14(6)19)15(3)12(23-15)13(17)24-17/h8-13,20H,1,5H2,2-4H3/t8-,9+,10-,11-,12-,13+,15+,16+,17-/m0/s1. The summed E-state index contributed by atoms with van der Waals surface area (Å²) in [6, 6.07) is 0. The van der Waals surface area contributed by atoms with Crippen LogP contribution in [0.1, 0.15) is 27.2 Å². The summed E-state index contributed by atoms with van der Waals surface area (Å²) < 4.78 is 22.9. The van der Waals surface area contributed by atoms with Crippen molar-refractivity contribution >= 4 is 11.9 Å². The van der Waals surface area contributed by atoms with E-state index < -0.39 is 40.9 Å². The van der Waals surface area contributed by atoms with Gasteiger partial charge in [-0.15, -0.1) is 0 Å². The molecule has 0 amide bonds. The predicted octanol–water partition coefficient (Wildman–Crippen LogP) is 0.0955. The molecule has 7 nitrogen and oxygen atoms in total. The first-order chi connectivity index (χ1) is 11.1. The smallest absolute Gasteiger partial charge is 0.334 e. The van der Waals surface area contributed by atoms with E-state index in [-0.39, 0.29) is 30.5 Å². The fourth-order valence-corrected chi connectivity index (χ4v) is 5.57. The molecule has 0 aromatic heterocycles. The number of carbonyl (C=O) groups is 2. The number of rotatable bonds is 1. The number of fused-ring (bicyclic) bond motifs is 5. The molecule has 0 unspecified atom stereocenters. The first-order valence-electron chi connectivity index (χ1n) is 8.29. The average molecular weight is 336 g/mol. The summed E-state index contributed by atoms with van der Waals surface area (Å²) in [5, 5.41) is 11.4. The number of epoxide rings is 2. The van der Waals surface area contributed by atoms with Gasteiger partial charge in [0.05, 0.1) is 5.92 Å². The van der Waals surface area contributed by atoms with Gasteiger partial charge < -0.3 is 24.1 Å². The maximum atomic E-state index is 12.1. The summed E-state index contributed by atoms with van der Waals surface area (Å²) in [4.78, 5) is 23.7. The van der Waals surface area contributed by atoms with Crippen molar-refractivity contribution in [2.24, 2.45) is 11.8 Å². The Labute approximate surface area is 138 Å². The highest BCUT2D eigenvalue weighted by Gasteiger charge is 2.93. The molecule has 130 valence electrons. The van der Waals surface area contributed by atoms with E-state index in [4.69, 9.17) is 18.9 Å². The number of hydrogen-bond acceptors (Lipinski definition) is 7. The zero-order valence-electron chi connectivity index (χ0n) is 13.8. The van der Waals surface area contributed by atoms with Gasteiger partial charge in [-0.1, -0.05) is 6.58 Å². The van der Waals surface area contributed by atoms with Crippen molar-refractivity contribution in [1.82, 2.24) is 0 Å². The molecule has 3 heterocycles. The van der Waals surface area contributed by atoms with Crippen LogP contribution in [0, 0.1) is 11.8 Å². The first kappa shape index (κ1) is 14.9. The molecule has 3 aliphatic heterocycles. The van der Waals surface area contributed by atoms with E-state index in [2.05, 4.69) is 6.58 Å². The highest BCUT2D eigenvalue weighted by Crippen LogP contribution is 2.75. The highest BCUT2D eigenvalue weighted by molar-refractivity contribution is 5.91. The van der Waals surface area contributed by atoms with Gasteiger partial charge in [0.25, 0.3) is 0 Å². The van der Waals surface area contributed by atoms with Gasteiger partial charge in [-0.2, -0.15) is 0 Å². The fraction of sp³-hybridized carbons (Fsp3) is 0.765. The van der Waals surface area contributed by atoms with E-state index in [0.29, 0.717) is 5.57 Å². The Morgan fingerprint density at radius 2 is 2.04 bits per heavy atom. The molecule has 0 aromatic rings. The fourth-order valence-electron chi connectivity index (χ4n) is 5.57. The number of aliphatic hydroxyl groups is 1. The molecule has 0 radical (unpaired) electrons. The molecule has 0 bridgehead atoms. The van der Waals surface area contributed by atoms with Crippen molar-refractivity contribution in [3.63, 3.8) is 0 Å². The summed E-state index contributed by atoms with van der Waals surface area (Å²) in [6.45, 7) is 8.77. The van der Waals surface area contributed by atoms with Crippen LogP contribution in [0.2, 0.25) is 0 Å². The van der Waals surface area contributed by atoms with Gasteiger partial charge in [0.15, 0.2) is 0 Å². The van der Waals surface area contributed by atoms with Crippen LogP contribution in [-0.4, -0.2) is 58.3 Å². The molecular weight excluding hydrogens is 316 g/mol.